The van der Waals surface area contributed by atoms with E-state index in [1.165, 1.54) is 58.0 Å². The highest BCUT2D eigenvalue weighted by molar-refractivity contribution is 5.79. The molecule has 3 rings (SSSR count). The van der Waals surface area contributed by atoms with E-state index in [1.807, 2.05) is 0 Å². The van der Waals surface area contributed by atoms with Crippen molar-refractivity contribution in [2.24, 2.45) is 29.6 Å². The van der Waals surface area contributed by atoms with Crippen molar-refractivity contribution in [3.8, 4) is 0 Å². The standard InChI is InChI=1S/C24H44N2O/c1-18(2)17-20-9-13-26(14-10-20)24(27)23-7-5-21(6-8-23)22-11-15-25(16-12-22)19(3)4/h18-23H,5-17H2,1-4H3. The molecule has 0 aromatic heterocycles. The van der Waals surface area contributed by atoms with Gasteiger partial charge in [-0.15, -0.1) is 0 Å². The summed E-state index contributed by atoms with van der Waals surface area (Å²) in [7, 11) is 0. The first-order valence-corrected chi connectivity index (χ1v) is 12.0. The van der Waals surface area contributed by atoms with Crippen LogP contribution in [0.1, 0.15) is 85.5 Å². The summed E-state index contributed by atoms with van der Waals surface area (Å²) in [5.74, 6) is 4.27. The summed E-state index contributed by atoms with van der Waals surface area (Å²) in [5.41, 5.74) is 0. The Morgan fingerprint density at radius 2 is 1.33 bits per heavy atom. The zero-order valence-electron chi connectivity index (χ0n) is 18.5. The van der Waals surface area contributed by atoms with Crippen molar-refractivity contribution in [1.82, 2.24) is 9.80 Å². The Morgan fingerprint density at radius 1 is 0.778 bits per heavy atom. The average molecular weight is 377 g/mol. The van der Waals surface area contributed by atoms with E-state index in [0.717, 1.165) is 49.6 Å². The number of likely N-dealkylation sites (tertiary alicyclic amines) is 2. The van der Waals surface area contributed by atoms with Crippen molar-refractivity contribution in [1.29, 1.82) is 0 Å². The molecule has 0 radical (unpaired) electrons. The van der Waals surface area contributed by atoms with Gasteiger partial charge in [-0.3, -0.25) is 4.79 Å². The number of piperidine rings is 2. The predicted octanol–water partition coefficient (Wildman–Crippen LogP) is 5.20. The van der Waals surface area contributed by atoms with Gasteiger partial charge < -0.3 is 9.80 Å². The molecule has 0 N–H and O–H groups in total. The third-order valence-corrected chi connectivity index (χ3v) is 7.82. The highest BCUT2D eigenvalue weighted by Gasteiger charge is 2.35. The normalized spacial score (nSPS) is 29.6. The van der Waals surface area contributed by atoms with E-state index in [1.54, 1.807) is 0 Å². The zero-order chi connectivity index (χ0) is 19.4. The molecule has 27 heavy (non-hydrogen) atoms. The van der Waals surface area contributed by atoms with E-state index in [-0.39, 0.29) is 0 Å². The van der Waals surface area contributed by atoms with Gasteiger partial charge in [0.1, 0.15) is 0 Å². The maximum atomic E-state index is 13.0. The van der Waals surface area contributed by atoms with Crippen molar-refractivity contribution in [3.63, 3.8) is 0 Å². The van der Waals surface area contributed by atoms with Crippen molar-refractivity contribution in [2.45, 2.75) is 91.5 Å². The van der Waals surface area contributed by atoms with Gasteiger partial charge in [0.2, 0.25) is 5.91 Å². The lowest BCUT2D eigenvalue weighted by atomic mass is 9.72. The topological polar surface area (TPSA) is 23.6 Å². The van der Waals surface area contributed by atoms with Gasteiger partial charge in [0.25, 0.3) is 0 Å². The molecule has 3 fully saturated rings. The Kier molecular flexibility index (Phi) is 7.65. The van der Waals surface area contributed by atoms with Crippen molar-refractivity contribution < 1.29 is 4.79 Å². The van der Waals surface area contributed by atoms with Crippen LogP contribution in [0, 0.1) is 29.6 Å². The Hall–Kier alpha value is -0.570. The largest absolute Gasteiger partial charge is 0.342 e. The van der Waals surface area contributed by atoms with Crippen LogP contribution in [0.5, 0.6) is 0 Å². The van der Waals surface area contributed by atoms with Crippen LogP contribution in [-0.2, 0) is 4.79 Å². The molecule has 3 heteroatoms. The molecule has 0 atom stereocenters. The lowest BCUT2D eigenvalue weighted by Gasteiger charge is -2.41. The summed E-state index contributed by atoms with van der Waals surface area (Å²) in [6.07, 6.45) is 11.5. The van der Waals surface area contributed by atoms with E-state index >= 15 is 0 Å². The van der Waals surface area contributed by atoms with Gasteiger partial charge in [-0.2, -0.15) is 0 Å². The number of amides is 1. The van der Waals surface area contributed by atoms with Crippen LogP contribution in [0.2, 0.25) is 0 Å². The van der Waals surface area contributed by atoms with Crippen LogP contribution in [0.25, 0.3) is 0 Å². The van der Waals surface area contributed by atoms with Crippen LogP contribution in [0.15, 0.2) is 0 Å². The first-order valence-electron chi connectivity index (χ1n) is 12.0. The van der Waals surface area contributed by atoms with E-state index in [0.29, 0.717) is 17.9 Å². The summed E-state index contributed by atoms with van der Waals surface area (Å²) < 4.78 is 0. The fourth-order valence-corrected chi connectivity index (χ4v) is 6.06. The molecule has 2 heterocycles. The third kappa shape index (κ3) is 5.71. The van der Waals surface area contributed by atoms with Gasteiger partial charge in [-0.05, 0) is 108 Å². The summed E-state index contributed by atoms with van der Waals surface area (Å²) in [6.45, 7) is 13.9. The Balaban J connectivity index is 1.39. The average Bonchev–Trinajstić information content (AvgIpc) is 2.68. The van der Waals surface area contributed by atoms with Gasteiger partial charge in [0.15, 0.2) is 0 Å². The molecule has 0 aromatic carbocycles. The molecule has 156 valence electrons. The van der Waals surface area contributed by atoms with E-state index < -0.39 is 0 Å². The summed E-state index contributed by atoms with van der Waals surface area (Å²) >= 11 is 0. The molecular weight excluding hydrogens is 332 g/mol. The van der Waals surface area contributed by atoms with E-state index in [2.05, 4.69) is 37.5 Å². The summed E-state index contributed by atoms with van der Waals surface area (Å²) in [6, 6.07) is 0.698. The number of hydrogen-bond donors (Lipinski definition) is 0. The molecule has 0 spiro atoms. The smallest absolute Gasteiger partial charge is 0.225 e. The van der Waals surface area contributed by atoms with Crippen molar-refractivity contribution in [2.75, 3.05) is 26.2 Å². The maximum absolute atomic E-state index is 13.0. The number of nitrogens with zero attached hydrogens (tertiary/aromatic N) is 2. The van der Waals surface area contributed by atoms with Crippen LogP contribution >= 0.6 is 0 Å². The van der Waals surface area contributed by atoms with Crippen molar-refractivity contribution in [3.05, 3.63) is 0 Å². The second-order valence-corrected chi connectivity index (χ2v) is 10.5. The molecule has 1 saturated carbocycles. The molecule has 2 aliphatic heterocycles. The summed E-state index contributed by atoms with van der Waals surface area (Å²) in [4.78, 5) is 17.8. The minimum Gasteiger partial charge on any atom is -0.342 e. The molecular formula is C24H44N2O. The quantitative estimate of drug-likeness (QED) is 0.658. The number of carbonyl (C=O) groups excluding carboxylic acids is 1. The highest BCUT2D eigenvalue weighted by atomic mass is 16.2. The molecule has 1 aliphatic carbocycles. The molecule has 3 aliphatic rings. The first-order chi connectivity index (χ1) is 12.9. The highest BCUT2D eigenvalue weighted by Crippen LogP contribution is 2.39. The number of carbonyl (C=O) groups is 1. The Labute approximate surface area is 168 Å². The van der Waals surface area contributed by atoms with Crippen LogP contribution in [0.4, 0.5) is 0 Å². The Bertz CT molecular complexity index is 451. The van der Waals surface area contributed by atoms with Crippen LogP contribution in [0.3, 0.4) is 0 Å². The molecule has 0 aromatic rings. The second kappa shape index (κ2) is 9.76. The monoisotopic (exact) mass is 376 g/mol. The Morgan fingerprint density at radius 3 is 1.85 bits per heavy atom. The van der Waals surface area contributed by atoms with Crippen LogP contribution < -0.4 is 0 Å². The lowest BCUT2D eigenvalue weighted by Crippen LogP contribution is -2.44. The van der Waals surface area contributed by atoms with E-state index in [9.17, 15) is 4.79 Å². The first kappa shape index (κ1) is 21.1. The minimum absolute atomic E-state index is 0.332. The van der Waals surface area contributed by atoms with Gasteiger partial charge in [0, 0.05) is 25.0 Å². The van der Waals surface area contributed by atoms with Gasteiger partial charge >= 0.3 is 0 Å². The summed E-state index contributed by atoms with van der Waals surface area (Å²) in [5, 5.41) is 0. The van der Waals surface area contributed by atoms with Gasteiger partial charge in [0.05, 0.1) is 0 Å². The second-order valence-electron chi connectivity index (χ2n) is 10.5. The molecule has 3 nitrogen and oxygen atoms in total. The lowest BCUT2D eigenvalue weighted by molar-refractivity contribution is -0.138. The maximum Gasteiger partial charge on any atom is 0.225 e. The number of rotatable bonds is 5. The zero-order valence-corrected chi connectivity index (χ0v) is 18.5. The van der Waals surface area contributed by atoms with Gasteiger partial charge in [-0.1, -0.05) is 13.8 Å². The SMILES string of the molecule is CC(C)CC1CCN(C(=O)C2CCC(C3CCN(C(C)C)CC3)CC2)CC1. The van der Waals surface area contributed by atoms with Crippen molar-refractivity contribution >= 4 is 5.91 Å². The van der Waals surface area contributed by atoms with Crippen LogP contribution in [-0.4, -0.2) is 47.9 Å². The predicted molar refractivity (Wildman–Crippen MR) is 114 cm³/mol. The molecule has 2 saturated heterocycles. The third-order valence-electron chi connectivity index (χ3n) is 7.82. The van der Waals surface area contributed by atoms with E-state index in [4.69, 9.17) is 0 Å². The minimum atomic E-state index is 0.332. The number of hydrogen-bond acceptors (Lipinski definition) is 2. The molecule has 0 unspecified atom stereocenters. The van der Waals surface area contributed by atoms with Gasteiger partial charge in [-0.25, -0.2) is 0 Å². The fraction of sp³-hybridized carbons (Fsp3) is 0.958. The molecule has 1 amide bonds. The molecule has 0 bridgehead atoms. The fourth-order valence-electron chi connectivity index (χ4n) is 6.06.